The number of hydrogen-bond acceptors (Lipinski definition) is 4. The highest BCUT2D eigenvalue weighted by atomic mass is 127. The average Bonchev–Trinajstić information content (AvgIpc) is 2.34. The first-order valence-corrected chi connectivity index (χ1v) is 6.32. The van der Waals surface area contributed by atoms with E-state index in [1.54, 1.807) is 13.0 Å². The zero-order valence-corrected chi connectivity index (χ0v) is 12.0. The SMILES string of the molecule is Cc1cc(Oc2nc[nH]c(=O)c2I)ccc1C(=O)O. The summed E-state index contributed by atoms with van der Waals surface area (Å²) in [6.07, 6.45) is 1.25. The zero-order chi connectivity index (χ0) is 14.0. The van der Waals surface area contributed by atoms with Crippen molar-refractivity contribution in [2.45, 2.75) is 6.92 Å². The predicted molar refractivity (Wildman–Crippen MR) is 75.8 cm³/mol. The second-order valence-electron chi connectivity index (χ2n) is 3.73. The number of carboxylic acid groups (broad SMARTS) is 1. The molecule has 0 fully saturated rings. The molecular formula is C12H9IN2O4. The Morgan fingerprint density at radius 2 is 2.21 bits per heavy atom. The first kappa shape index (κ1) is 13.5. The number of aryl methyl sites for hydroxylation is 1. The van der Waals surface area contributed by atoms with Gasteiger partial charge in [0.1, 0.15) is 9.32 Å². The molecule has 19 heavy (non-hydrogen) atoms. The molecule has 6 nitrogen and oxygen atoms in total. The van der Waals surface area contributed by atoms with E-state index < -0.39 is 5.97 Å². The summed E-state index contributed by atoms with van der Waals surface area (Å²) in [4.78, 5) is 28.6. The molecule has 1 aromatic carbocycles. The van der Waals surface area contributed by atoms with Crippen LogP contribution in [0.15, 0.2) is 29.3 Å². The molecule has 0 radical (unpaired) electrons. The molecule has 0 atom stereocenters. The second kappa shape index (κ2) is 5.39. The molecule has 0 bridgehead atoms. The molecule has 98 valence electrons. The monoisotopic (exact) mass is 372 g/mol. The van der Waals surface area contributed by atoms with Gasteiger partial charge >= 0.3 is 5.97 Å². The van der Waals surface area contributed by atoms with E-state index >= 15 is 0 Å². The highest BCUT2D eigenvalue weighted by Crippen LogP contribution is 2.24. The fraction of sp³-hybridized carbons (Fsp3) is 0.0833. The van der Waals surface area contributed by atoms with Crippen molar-refractivity contribution in [2.75, 3.05) is 0 Å². The van der Waals surface area contributed by atoms with Crippen molar-refractivity contribution in [3.05, 3.63) is 49.6 Å². The summed E-state index contributed by atoms with van der Waals surface area (Å²) in [7, 11) is 0. The molecule has 0 aliphatic carbocycles. The lowest BCUT2D eigenvalue weighted by atomic mass is 10.1. The van der Waals surface area contributed by atoms with Gasteiger partial charge in [0.05, 0.1) is 11.9 Å². The fourth-order valence-corrected chi connectivity index (χ4v) is 1.89. The van der Waals surface area contributed by atoms with Crippen LogP contribution in [0.2, 0.25) is 0 Å². The van der Waals surface area contributed by atoms with Crippen molar-refractivity contribution in [2.24, 2.45) is 0 Å². The van der Waals surface area contributed by atoms with Crippen molar-refractivity contribution >= 4 is 28.6 Å². The van der Waals surface area contributed by atoms with Crippen LogP contribution in [0.4, 0.5) is 0 Å². The lowest BCUT2D eigenvalue weighted by Crippen LogP contribution is -2.11. The molecule has 1 aromatic heterocycles. The van der Waals surface area contributed by atoms with E-state index in [-0.39, 0.29) is 17.0 Å². The Kier molecular flexibility index (Phi) is 3.84. The summed E-state index contributed by atoms with van der Waals surface area (Å²) >= 11 is 1.83. The molecule has 7 heteroatoms. The quantitative estimate of drug-likeness (QED) is 0.806. The average molecular weight is 372 g/mol. The molecule has 0 unspecified atom stereocenters. The van der Waals surface area contributed by atoms with Crippen LogP contribution in [0.5, 0.6) is 11.6 Å². The Bertz CT molecular complexity index is 696. The van der Waals surface area contributed by atoms with Gasteiger partial charge in [-0.2, -0.15) is 0 Å². The van der Waals surface area contributed by atoms with Gasteiger partial charge in [-0.05, 0) is 53.3 Å². The summed E-state index contributed by atoms with van der Waals surface area (Å²) in [5.41, 5.74) is 0.496. The van der Waals surface area contributed by atoms with Gasteiger partial charge in [-0.3, -0.25) is 4.79 Å². The number of carbonyl (C=O) groups is 1. The number of rotatable bonds is 3. The number of H-pyrrole nitrogens is 1. The number of aromatic carboxylic acids is 1. The molecule has 2 rings (SSSR count). The van der Waals surface area contributed by atoms with Gasteiger partial charge < -0.3 is 14.8 Å². The highest BCUT2D eigenvalue weighted by Gasteiger charge is 2.11. The van der Waals surface area contributed by atoms with Crippen LogP contribution >= 0.6 is 22.6 Å². The first-order valence-electron chi connectivity index (χ1n) is 5.24. The van der Waals surface area contributed by atoms with Crippen LogP contribution in [-0.4, -0.2) is 21.0 Å². The van der Waals surface area contributed by atoms with E-state index in [0.717, 1.165) is 0 Å². The second-order valence-corrected chi connectivity index (χ2v) is 4.81. The largest absolute Gasteiger partial charge is 0.478 e. The van der Waals surface area contributed by atoms with E-state index in [1.165, 1.54) is 18.5 Å². The summed E-state index contributed by atoms with van der Waals surface area (Å²) in [5.74, 6) is -0.377. The molecule has 0 spiro atoms. The zero-order valence-electron chi connectivity index (χ0n) is 9.81. The normalized spacial score (nSPS) is 10.2. The molecule has 0 amide bonds. The standard InChI is InChI=1S/C12H9IN2O4/c1-6-4-7(2-3-8(6)12(17)18)19-11-9(13)10(16)14-5-15-11/h2-5H,1H3,(H,17,18)(H,14,15,16). The van der Waals surface area contributed by atoms with Crippen LogP contribution in [-0.2, 0) is 0 Å². The van der Waals surface area contributed by atoms with E-state index in [2.05, 4.69) is 9.97 Å². The number of ether oxygens (including phenoxy) is 1. The number of hydrogen-bond donors (Lipinski definition) is 2. The summed E-state index contributed by atoms with van der Waals surface area (Å²) in [6.45, 7) is 1.67. The van der Waals surface area contributed by atoms with Crippen molar-refractivity contribution in [1.82, 2.24) is 9.97 Å². The van der Waals surface area contributed by atoms with E-state index in [1.807, 2.05) is 22.6 Å². The van der Waals surface area contributed by atoms with Crippen LogP contribution < -0.4 is 10.3 Å². The third kappa shape index (κ3) is 2.92. The molecule has 2 N–H and O–H groups in total. The van der Waals surface area contributed by atoms with E-state index in [9.17, 15) is 9.59 Å². The third-order valence-corrected chi connectivity index (χ3v) is 3.36. The third-order valence-electron chi connectivity index (χ3n) is 2.41. The number of nitrogens with zero attached hydrogens (tertiary/aromatic N) is 1. The minimum Gasteiger partial charge on any atom is -0.478 e. The van der Waals surface area contributed by atoms with Gasteiger partial charge in [0, 0.05) is 0 Å². The topological polar surface area (TPSA) is 92.3 Å². The van der Waals surface area contributed by atoms with Gasteiger partial charge in [0.15, 0.2) is 0 Å². The van der Waals surface area contributed by atoms with Gasteiger partial charge in [0.25, 0.3) is 5.56 Å². The van der Waals surface area contributed by atoms with Crippen LogP contribution in [0.3, 0.4) is 0 Å². The van der Waals surface area contributed by atoms with Gasteiger partial charge in [-0.25, -0.2) is 9.78 Å². The summed E-state index contributed by atoms with van der Waals surface area (Å²) < 4.78 is 5.81. The molecule has 0 saturated heterocycles. The highest BCUT2D eigenvalue weighted by molar-refractivity contribution is 14.1. The number of aromatic amines is 1. The smallest absolute Gasteiger partial charge is 0.335 e. The van der Waals surface area contributed by atoms with Gasteiger partial charge in [0.2, 0.25) is 5.88 Å². The Balaban J connectivity index is 2.34. The van der Waals surface area contributed by atoms with Crippen LogP contribution in [0, 0.1) is 10.5 Å². The molecule has 2 aromatic rings. The Labute approximate surface area is 121 Å². The molecule has 1 heterocycles. The maximum Gasteiger partial charge on any atom is 0.335 e. The minimum atomic E-state index is -0.993. The number of carboxylic acids is 1. The fourth-order valence-electron chi connectivity index (χ4n) is 1.49. The van der Waals surface area contributed by atoms with Crippen molar-refractivity contribution < 1.29 is 14.6 Å². The molecule has 0 aliphatic rings. The predicted octanol–water partition coefficient (Wildman–Crippen LogP) is 2.17. The lowest BCUT2D eigenvalue weighted by molar-refractivity contribution is 0.0696. The Hall–Kier alpha value is -1.90. The van der Waals surface area contributed by atoms with Crippen molar-refractivity contribution in [3.63, 3.8) is 0 Å². The van der Waals surface area contributed by atoms with Gasteiger partial charge in [-0.1, -0.05) is 0 Å². The van der Waals surface area contributed by atoms with Gasteiger partial charge in [-0.15, -0.1) is 0 Å². The number of halogens is 1. The Morgan fingerprint density at radius 3 is 2.84 bits per heavy atom. The maximum atomic E-state index is 11.4. The Morgan fingerprint density at radius 1 is 1.47 bits per heavy atom. The first-order chi connectivity index (χ1) is 8.99. The molecular weight excluding hydrogens is 363 g/mol. The van der Waals surface area contributed by atoms with Crippen molar-refractivity contribution in [3.8, 4) is 11.6 Å². The lowest BCUT2D eigenvalue weighted by Gasteiger charge is -2.07. The van der Waals surface area contributed by atoms with Crippen molar-refractivity contribution in [1.29, 1.82) is 0 Å². The van der Waals surface area contributed by atoms with Crippen LogP contribution in [0.25, 0.3) is 0 Å². The summed E-state index contributed by atoms with van der Waals surface area (Å²) in [5, 5.41) is 8.93. The molecule has 0 saturated carbocycles. The number of benzene rings is 1. The molecule has 0 aliphatic heterocycles. The van der Waals surface area contributed by atoms with Crippen LogP contribution in [0.1, 0.15) is 15.9 Å². The van der Waals surface area contributed by atoms with E-state index in [4.69, 9.17) is 9.84 Å². The summed E-state index contributed by atoms with van der Waals surface area (Å²) in [6, 6.07) is 4.56. The maximum absolute atomic E-state index is 11.4. The number of aromatic nitrogens is 2. The van der Waals surface area contributed by atoms with E-state index in [0.29, 0.717) is 14.9 Å². The minimum absolute atomic E-state index is 0.187. The number of nitrogens with one attached hydrogen (secondary N) is 1.